The van der Waals surface area contributed by atoms with E-state index in [1.807, 2.05) is 30.3 Å². The van der Waals surface area contributed by atoms with Crippen LogP contribution in [0.3, 0.4) is 0 Å². The number of urea groups is 1. The third-order valence-corrected chi connectivity index (χ3v) is 6.98. The van der Waals surface area contributed by atoms with E-state index < -0.39 is 5.54 Å². The van der Waals surface area contributed by atoms with Gasteiger partial charge in [-0.25, -0.2) is 4.79 Å². The summed E-state index contributed by atoms with van der Waals surface area (Å²) in [5.74, 6) is -0.300. The molecule has 33 heavy (non-hydrogen) atoms. The third-order valence-electron chi connectivity index (χ3n) is 6.24. The van der Waals surface area contributed by atoms with Gasteiger partial charge in [0.25, 0.3) is 5.91 Å². The molecule has 4 amide bonds. The summed E-state index contributed by atoms with van der Waals surface area (Å²) in [6.45, 7) is 1.12. The Morgan fingerprint density at radius 2 is 1.73 bits per heavy atom. The van der Waals surface area contributed by atoms with E-state index in [9.17, 15) is 14.4 Å². The number of hydrogen-bond donors (Lipinski definition) is 2. The molecule has 2 N–H and O–H groups in total. The molecule has 2 aromatic rings. The molecule has 0 radical (unpaired) electrons. The van der Waals surface area contributed by atoms with Crippen LogP contribution >= 0.6 is 23.2 Å². The number of carbonyl (C=O) groups excluding carboxylic acids is 3. The molecule has 0 atom stereocenters. The lowest BCUT2D eigenvalue weighted by molar-refractivity contribution is -0.137. The predicted molar refractivity (Wildman–Crippen MR) is 129 cm³/mol. The van der Waals surface area contributed by atoms with Crippen LogP contribution in [0.4, 0.5) is 16.2 Å². The van der Waals surface area contributed by atoms with Crippen LogP contribution in [0.2, 0.25) is 10.0 Å². The van der Waals surface area contributed by atoms with Gasteiger partial charge in [0.2, 0.25) is 5.91 Å². The zero-order chi connectivity index (χ0) is 23.6. The summed E-state index contributed by atoms with van der Waals surface area (Å²) >= 11 is 12.0. The lowest BCUT2D eigenvalue weighted by atomic mass is 9.85. The molecule has 2 saturated heterocycles. The number of piperidine rings is 1. The highest BCUT2D eigenvalue weighted by Crippen LogP contribution is 2.39. The molecule has 2 aliphatic heterocycles. The second-order valence-electron chi connectivity index (χ2n) is 8.16. The normalized spacial score (nSPS) is 17.4. The Labute approximate surface area is 202 Å². The van der Waals surface area contributed by atoms with E-state index in [0.717, 1.165) is 5.69 Å². The van der Waals surface area contributed by atoms with Crippen molar-refractivity contribution >= 4 is 52.4 Å². The highest BCUT2D eigenvalue weighted by molar-refractivity contribution is 6.42. The van der Waals surface area contributed by atoms with E-state index in [0.29, 0.717) is 48.3 Å². The van der Waals surface area contributed by atoms with Crippen LogP contribution in [0, 0.1) is 0 Å². The third kappa shape index (κ3) is 4.58. The first-order chi connectivity index (χ1) is 15.8. The van der Waals surface area contributed by atoms with Crippen molar-refractivity contribution < 1.29 is 14.4 Å². The van der Waals surface area contributed by atoms with Crippen LogP contribution < -0.4 is 15.5 Å². The molecule has 1 spiro atoms. The molecule has 2 aliphatic rings. The average Bonchev–Trinajstić information content (AvgIpc) is 3.08. The Kier molecular flexibility index (Phi) is 6.67. The van der Waals surface area contributed by atoms with Crippen LogP contribution in [-0.4, -0.2) is 66.5 Å². The Morgan fingerprint density at radius 1 is 1.03 bits per heavy atom. The summed E-state index contributed by atoms with van der Waals surface area (Å²) in [7, 11) is 1.55. The summed E-state index contributed by atoms with van der Waals surface area (Å²) in [5.41, 5.74) is 0.670. The van der Waals surface area contributed by atoms with Crippen molar-refractivity contribution in [1.82, 2.24) is 15.1 Å². The van der Waals surface area contributed by atoms with Gasteiger partial charge >= 0.3 is 6.03 Å². The van der Waals surface area contributed by atoms with Gasteiger partial charge in [0.1, 0.15) is 12.1 Å². The molecule has 0 aromatic heterocycles. The maximum absolute atomic E-state index is 13.5. The summed E-state index contributed by atoms with van der Waals surface area (Å²) in [4.78, 5) is 43.7. The SMILES string of the molecule is CNC(=O)CN1CN(c2ccccc2)C2(CCN(C(=O)Nc3ccc(Cl)c(Cl)c3)CC2)C1=O. The molecule has 8 nitrogen and oxygen atoms in total. The van der Waals surface area contributed by atoms with Crippen molar-refractivity contribution in [3.8, 4) is 0 Å². The van der Waals surface area contributed by atoms with Crippen LogP contribution in [-0.2, 0) is 9.59 Å². The minimum absolute atomic E-state index is 0.00193. The molecule has 2 fully saturated rings. The topological polar surface area (TPSA) is 85.0 Å². The Hall–Kier alpha value is -2.97. The van der Waals surface area contributed by atoms with Crippen LogP contribution in [0.1, 0.15) is 12.8 Å². The molecule has 4 rings (SSSR count). The van der Waals surface area contributed by atoms with Crippen molar-refractivity contribution in [3.63, 3.8) is 0 Å². The van der Waals surface area contributed by atoms with Crippen LogP contribution in [0.5, 0.6) is 0 Å². The quantitative estimate of drug-likeness (QED) is 0.688. The predicted octanol–water partition coefficient (Wildman–Crippen LogP) is 3.41. The Morgan fingerprint density at radius 3 is 2.36 bits per heavy atom. The van der Waals surface area contributed by atoms with E-state index >= 15 is 0 Å². The van der Waals surface area contributed by atoms with Gasteiger partial charge in [-0.05, 0) is 43.2 Å². The number of amides is 4. The molecular formula is C23H25Cl2N5O3. The number of carbonyl (C=O) groups is 3. The number of hydrogen-bond acceptors (Lipinski definition) is 4. The maximum atomic E-state index is 13.5. The van der Waals surface area contributed by atoms with Gasteiger partial charge in [0.15, 0.2) is 0 Å². The van der Waals surface area contributed by atoms with Gasteiger partial charge in [0.05, 0.1) is 16.7 Å². The zero-order valence-corrected chi connectivity index (χ0v) is 19.7. The second kappa shape index (κ2) is 9.49. The van der Waals surface area contributed by atoms with E-state index in [4.69, 9.17) is 23.2 Å². The number of anilines is 2. The smallest absolute Gasteiger partial charge is 0.321 e. The van der Waals surface area contributed by atoms with Gasteiger partial charge < -0.3 is 25.3 Å². The van der Waals surface area contributed by atoms with Crippen molar-refractivity contribution in [2.75, 3.05) is 43.6 Å². The largest absolute Gasteiger partial charge is 0.358 e. The molecule has 2 heterocycles. The minimum Gasteiger partial charge on any atom is -0.358 e. The fourth-order valence-electron chi connectivity index (χ4n) is 4.43. The lowest BCUT2D eigenvalue weighted by Crippen LogP contribution is -2.58. The van der Waals surface area contributed by atoms with E-state index in [1.165, 1.54) is 0 Å². The molecule has 174 valence electrons. The monoisotopic (exact) mass is 489 g/mol. The fraction of sp³-hybridized carbons (Fsp3) is 0.348. The highest BCUT2D eigenvalue weighted by atomic mass is 35.5. The first kappa shape index (κ1) is 23.2. The zero-order valence-electron chi connectivity index (χ0n) is 18.2. The molecule has 0 bridgehead atoms. The fourth-order valence-corrected chi connectivity index (χ4v) is 4.73. The molecule has 2 aromatic carbocycles. The van der Waals surface area contributed by atoms with Crippen LogP contribution in [0.25, 0.3) is 0 Å². The van der Waals surface area contributed by atoms with Crippen molar-refractivity contribution in [1.29, 1.82) is 0 Å². The molecular weight excluding hydrogens is 465 g/mol. The summed E-state index contributed by atoms with van der Waals surface area (Å²) in [6.07, 6.45) is 0.916. The number of rotatable bonds is 4. The average molecular weight is 490 g/mol. The van der Waals surface area contributed by atoms with Gasteiger partial charge in [-0.15, -0.1) is 0 Å². The summed E-state index contributed by atoms with van der Waals surface area (Å²) in [5, 5.41) is 6.19. The molecule has 0 unspecified atom stereocenters. The molecule has 0 saturated carbocycles. The highest BCUT2D eigenvalue weighted by Gasteiger charge is 2.54. The van der Waals surface area contributed by atoms with E-state index in [2.05, 4.69) is 15.5 Å². The second-order valence-corrected chi connectivity index (χ2v) is 8.97. The Balaban J connectivity index is 1.50. The van der Waals surface area contributed by atoms with E-state index in [1.54, 1.807) is 35.0 Å². The number of nitrogens with one attached hydrogen (secondary N) is 2. The number of nitrogens with zero attached hydrogens (tertiary/aromatic N) is 3. The summed E-state index contributed by atoms with van der Waals surface area (Å²) in [6, 6.07) is 14.3. The minimum atomic E-state index is -0.796. The number of halogens is 2. The number of benzene rings is 2. The van der Waals surface area contributed by atoms with Crippen molar-refractivity contribution in [2.24, 2.45) is 0 Å². The molecule has 10 heteroatoms. The lowest BCUT2D eigenvalue weighted by Gasteiger charge is -2.43. The van der Waals surface area contributed by atoms with Gasteiger partial charge in [-0.3, -0.25) is 9.59 Å². The summed E-state index contributed by atoms with van der Waals surface area (Å²) < 4.78 is 0. The van der Waals surface area contributed by atoms with Gasteiger partial charge in [-0.2, -0.15) is 0 Å². The Bertz CT molecular complexity index is 1060. The molecule has 0 aliphatic carbocycles. The number of likely N-dealkylation sites (tertiary alicyclic amines) is 1. The first-order valence-electron chi connectivity index (χ1n) is 10.7. The number of likely N-dealkylation sites (N-methyl/N-ethyl adjacent to an activating group) is 1. The standard InChI is InChI=1S/C23H25Cl2N5O3/c1-26-20(31)14-29-15-30(17-5-3-2-4-6-17)23(21(29)32)9-11-28(12-10-23)22(33)27-16-7-8-18(24)19(25)13-16/h2-8,13H,9-12,14-15H2,1H3,(H,26,31)(H,27,33). The van der Waals surface area contributed by atoms with Crippen molar-refractivity contribution in [2.45, 2.75) is 18.4 Å². The number of para-hydroxylation sites is 1. The van der Waals surface area contributed by atoms with Gasteiger partial charge in [0, 0.05) is 31.5 Å². The van der Waals surface area contributed by atoms with Crippen LogP contribution in [0.15, 0.2) is 48.5 Å². The first-order valence-corrected chi connectivity index (χ1v) is 11.4. The van der Waals surface area contributed by atoms with E-state index in [-0.39, 0.29) is 24.4 Å². The van der Waals surface area contributed by atoms with Gasteiger partial charge in [-0.1, -0.05) is 41.4 Å². The maximum Gasteiger partial charge on any atom is 0.321 e. The van der Waals surface area contributed by atoms with Crippen molar-refractivity contribution in [3.05, 3.63) is 58.6 Å².